The summed E-state index contributed by atoms with van der Waals surface area (Å²) in [5, 5.41) is 0.622. The lowest BCUT2D eigenvalue weighted by molar-refractivity contribution is 0.557. The van der Waals surface area contributed by atoms with Gasteiger partial charge in [-0.3, -0.25) is 0 Å². The van der Waals surface area contributed by atoms with Gasteiger partial charge in [-0.05, 0) is 25.1 Å². The predicted octanol–water partition coefficient (Wildman–Crippen LogP) is 1.65. The van der Waals surface area contributed by atoms with Gasteiger partial charge in [0, 0.05) is 16.8 Å². The molecule has 0 aliphatic carbocycles. The lowest BCUT2D eigenvalue weighted by Crippen LogP contribution is -2.24. The minimum atomic E-state index is -3.91. The van der Waals surface area contributed by atoms with E-state index in [4.69, 9.17) is 5.73 Å². The summed E-state index contributed by atoms with van der Waals surface area (Å²) in [5.41, 5.74) is 5.55. The zero-order chi connectivity index (χ0) is 14.0. The van der Waals surface area contributed by atoms with E-state index in [2.05, 4.69) is 9.71 Å². The van der Waals surface area contributed by atoms with Crippen LogP contribution in [0.3, 0.4) is 0 Å². The molecular formula is C11H12FN3O2S2. The normalized spacial score (nSPS) is 11.7. The summed E-state index contributed by atoms with van der Waals surface area (Å²) in [4.78, 5) is 4.59. The number of hydrogen-bond donors (Lipinski definition) is 2. The first-order valence-corrected chi connectivity index (χ1v) is 7.64. The number of nitrogens with zero attached hydrogens (tertiary/aromatic N) is 1. The number of nitrogens with two attached hydrogens (primary N) is 1. The van der Waals surface area contributed by atoms with Crippen molar-refractivity contribution >= 4 is 27.0 Å². The number of aromatic nitrogens is 1. The number of aryl methyl sites for hydroxylation is 1. The minimum absolute atomic E-state index is 0.0324. The fourth-order valence-electron chi connectivity index (χ4n) is 1.45. The summed E-state index contributed by atoms with van der Waals surface area (Å²) >= 11 is 1.38. The first kappa shape index (κ1) is 13.9. The lowest BCUT2D eigenvalue weighted by Gasteiger charge is -2.06. The predicted molar refractivity (Wildman–Crippen MR) is 71.7 cm³/mol. The highest BCUT2D eigenvalue weighted by molar-refractivity contribution is 7.89. The van der Waals surface area contributed by atoms with E-state index in [-0.39, 0.29) is 12.2 Å². The fraction of sp³-hybridized carbons (Fsp3) is 0.182. The second-order valence-electron chi connectivity index (χ2n) is 3.88. The Hall–Kier alpha value is -1.51. The van der Waals surface area contributed by atoms with E-state index in [1.165, 1.54) is 17.4 Å². The van der Waals surface area contributed by atoms with Crippen molar-refractivity contribution in [2.45, 2.75) is 18.4 Å². The average Bonchev–Trinajstić information content (AvgIpc) is 2.72. The molecule has 102 valence electrons. The van der Waals surface area contributed by atoms with E-state index in [1.54, 1.807) is 6.20 Å². The van der Waals surface area contributed by atoms with E-state index < -0.39 is 20.7 Å². The Bertz CT molecular complexity index is 698. The maximum Gasteiger partial charge on any atom is 0.243 e. The van der Waals surface area contributed by atoms with Gasteiger partial charge < -0.3 is 5.73 Å². The van der Waals surface area contributed by atoms with Gasteiger partial charge in [0.2, 0.25) is 10.0 Å². The van der Waals surface area contributed by atoms with Crippen LogP contribution in [0.5, 0.6) is 0 Å². The molecule has 0 aliphatic heterocycles. The highest BCUT2D eigenvalue weighted by atomic mass is 32.2. The van der Waals surface area contributed by atoms with Gasteiger partial charge in [0.15, 0.2) is 0 Å². The Labute approximate surface area is 114 Å². The van der Waals surface area contributed by atoms with E-state index in [0.717, 1.165) is 17.0 Å². The number of sulfonamides is 1. The van der Waals surface area contributed by atoms with Crippen molar-refractivity contribution in [1.82, 2.24) is 9.71 Å². The van der Waals surface area contributed by atoms with Crippen LogP contribution in [0.4, 0.5) is 10.1 Å². The van der Waals surface area contributed by atoms with Crippen LogP contribution in [0.1, 0.15) is 9.88 Å². The highest BCUT2D eigenvalue weighted by Crippen LogP contribution is 2.18. The van der Waals surface area contributed by atoms with E-state index >= 15 is 0 Å². The number of thiazole rings is 1. The van der Waals surface area contributed by atoms with E-state index in [0.29, 0.717) is 5.01 Å². The van der Waals surface area contributed by atoms with Crippen molar-refractivity contribution < 1.29 is 12.8 Å². The molecule has 0 bridgehead atoms. The second-order valence-corrected chi connectivity index (χ2v) is 6.93. The van der Waals surface area contributed by atoms with Gasteiger partial charge in [-0.2, -0.15) is 0 Å². The largest absolute Gasteiger partial charge is 0.399 e. The smallest absolute Gasteiger partial charge is 0.243 e. The van der Waals surface area contributed by atoms with Crippen LogP contribution in [0.15, 0.2) is 29.3 Å². The summed E-state index contributed by atoms with van der Waals surface area (Å²) in [5.74, 6) is -0.872. The molecule has 5 nitrogen and oxygen atoms in total. The van der Waals surface area contributed by atoms with Gasteiger partial charge in [0.1, 0.15) is 15.7 Å². The van der Waals surface area contributed by atoms with E-state index in [1.807, 2.05) is 6.92 Å². The third kappa shape index (κ3) is 3.28. The Morgan fingerprint density at radius 2 is 2.21 bits per heavy atom. The molecule has 0 fully saturated rings. The maximum atomic E-state index is 13.6. The van der Waals surface area contributed by atoms with Gasteiger partial charge in [0.05, 0.1) is 6.54 Å². The van der Waals surface area contributed by atoms with Crippen molar-refractivity contribution in [3.63, 3.8) is 0 Å². The van der Waals surface area contributed by atoms with Crippen molar-refractivity contribution in [1.29, 1.82) is 0 Å². The molecule has 19 heavy (non-hydrogen) atoms. The van der Waals surface area contributed by atoms with Crippen LogP contribution < -0.4 is 10.5 Å². The van der Waals surface area contributed by atoms with Gasteiger partial charge in [0.25, 0.3) is 0 Å². The molecule has 1 heterocycles. The number of nitrogens with one attached hydrogen (secondary N) is 1. The number of rotatable bonds is 4. The Morgan fingerprint density at radius 3 is 2.79 bits per heavy atom. The molecule has 0 radical (unpaired) electrons. The first-order chi connectivity index (χ1) is 8.88. The fourth-order valence-corrected chi connectivity index (χ4v) is 3.32. The van der Waals surface area contributed by atoms with Crippen molar-refractivity contribution in [2.75, 3.05) is 5.73 Å². The van der Waals surface area contributed by atoms with Crippen LogP contribution in [-0.2, 0) is 16.6 Å². The molecule has 1 aromatic heterocycles. The summed E-state index contributed by atoms with van der Waals surface area (Å²) in [6.45, 7) is 1.90. The van der Waals surface area contributed by atoms with Crippen molar-refractivity contribution in [2.24, 2.45) is 0 Å². The molecule has 0 spiro atoms. The first-order valence-electron chi connectivity index (χ1n) is 5.34. The van der Waals surface area contributed by atoms with Gasteiger partial charge >= 0.3 is 0 Å². The molecule has 0 unspecified atom stereocenters. The molecule has 0 atom stereocenters. The van der Waals surface area contributed by atoms with Crippen molar-refractivity contribution in [3.05, 3.63) is 40.1 Å². The quantitative estimate of drug-likeness (QED) is 0.841. The third-order valence-corrected chi connectivity index (χ3v) is 4.68. The minimum Gasteiger partial charge on any atom is -0.399 e. The molecule has 3 N–H and O–H groups in total. The molecule has 0 saturated carbocycles. The van der Waals surface area contributed by atoms with Gasteiger partial charge in [-0.15, -0.1) is 11.3 Å². The Kier molecular flexibility index (Phi) is 3.83. The molecule has 0 amide bonds. The highest BCUT2D eigenvalue weighted by Gasteiger charge is 2.19. The molecule has 8 heteroatoms. The zero-order valence-corrected chi connectivity index (χ0v) is 11.7. The summed E-state index contributed by atoms with van der Waals surface area (Å²) in [6.07, 6.45) is 1.65. The number of nitrogen functional groups attached to an aromatic ring is 1. The SMILES string of the molecule is Cc1cnc(CNS(=O)(=O)c2ccc(N)cc2F)s1. The third-order valence-electron chi connectivity index (χ3n) is 2.33. The zero-order valence-electron chi connectivity index (χ0n) is 10.1. The van der Waals surface area contributed by atoms with Gasteiger partial charge in [-0.1, -0.05) is 0 Å². The number of hydrogen-bond acceptors (Lipinski definition) is 5. The molecular weight excluding hydrogens is 289 g/mol. The van der Waals surface area contributed by atoms with Gasteiger partial charge in [-0.25, -0.2) is 22.5 Å². The number of benzene rings is 1. The van der Waals surface area contributed by atoms with Crippen LogP contribution in [0.2, 0.25) is 0 Å². The standard InChI is InChI=1S/C11H12FN3O2S2/c1-7-5-14-11(18-7)6-15-19(16,17)10-3-2-8(13)4-9(10)12/h2-5,15H,6,13H2,1H3. The molecule has 0 aliphatic rings. The van der Waals surface area contributed by atoms with Crippen LogP contribution in [0, 0.1) is 12.7 Å². The summed E-state index contributed by atoms with van der Waals surface area (Å²) in [6, 6.07) is 3.45. The number of anilines is 1. The Balaban J connectivity index is 2.18. The summed E-state index contributed by atoms with van der Waals surface area (Å²) < 4.78 is 39.7. The monoisotopic (exact) mass is 301 g/mol. The molecule has 2 aromatic rings. The maximum absolute atomic E-state index is 13.6. The summed E-state index contributed by atoms with van der Waals surface area (Å²) in [7, 11) is -3.91. The average molecular weight is 301 g/mol. The molecule has 1 aromatic carbocycles. The van der Waals surface area contributed by atoms with Crippen molar-refractivity contribution in [3.8, 4) is 0 Å². The topological polar surface area (TPSA) is 85.1 Å². The van der Waals surface area contributed by atoms with Crippen LogP contribution in [-0.4, -0.2) is 13.4 Å². The number of halogens is 1. The molecule has 0 saturated heterocycles. The lowest BCUT2D eigenvalue weighted by atomic mass is 10.3. The van der Waals surface area contributed by atoms with E-state index in [9.17, 15) is 12.8 Å². The van der Waals surface area contributed by atoms with Crippen LogP contribution >= 0.6 is 11.3 Å². The van der Waals surface area contributed by atoms with Crippen LogP contribution in [0.25, 0.3) is 0 Å². The Morgan fingerprint density at radius 1 is 1.47 bits per heavy atom. The second kappa shape index (κ2) is 5.24. The molecule has 2 rings (SSSR count).